The summed E-state index contributed by atoms with van der Waals surface area (Å²) in [5.41, 5.74) is 5.02. The predicted molar refractivity (Wildman–Crippen MR) is 148 cm³/mol. The van der Waals surface area contributed by atoms with Gasteiger partial charge in [0.05, 0.1) is 22.0 Å². The molecule has 196 valence electrons. The zero-order valence-electron chi connectivity index (χ0n) is 20.7. The molecule has 0 saturated carbocycles. The summed E-state index contributed by atoms with van der Waals surface area (Å²) in [7, 11) is -7.21. The van der Waals surface area contributed by atoms with Gasteiger partial charge >= 0.3 is 0 Å². The predicted octanol–water partition coefficient (Wildman–Crippen LogP) is 4.94. The third-order valence-corrected chi connectivity index (χ3v) is 7.80. The SMILES string of the molecule is CN=C1C=CC(=Nc2ccc(Cc3ccc(Cc4ccc(C)cc4S(=O)(=O)O)cc3)cc2S(=O)(=O)O)C=C1. The molecular formula is C28H26N2O6S2. The Morgan fingerprint density at radius 1 is 0.658 bits per heavy atom. The molecule has 1 aliphatic rings. The maximum Gasteiger partial charge on any atom is 0.296 e. The molecule has 0 bridgehead atoms. The van der Waals surface area contributed by atoms with Gasteiger partial charge in [-0.15, -0.1) is 0 Å². The second-order valence-corrected chi connectivity index (χ2v) is 11.7. The summed E-state index contributed by atoms with van der Waals surface area (Å²) in [6.07, 6.45) is 7.64. The van der Waals surface area contributed by atoms with Gasteiger partial charge < -0.3 is 0 Å². The fourth-order valence-corrected chi connectivity index (χ4v) is 5.55. The van der Waals surface area contributed by atoms with Gasteiger partial charge in [0.2, 0.25) is 0 Å². The van der Waals surface area contributed by atoms with E-state index >= 15 is 0 Å². The third-order valence-electron chi connectivity index (χ3n) is 5.99. The van der Waals surface area contributed by atoms with Crippen molar-refractivity contribution < 1.29 is 25.9 Å². The number of aliphatic imine (C=N–C) groups is 2. The molecule has 0 amide bonds. The Kier molecular flexibility index (Phi) is 7.89. The second kappa shape index (κ2) is 11.0. The van der Waals surface area contributed by atoms with E-state index in [0.717, 1.165) is 22.4 Å². The highest BCUT2D eigenvalue weighted by Gasteiger charge is 2.18. The van der Waals surface area contributed by atoms with E-state index in [0.29, 0.717) is 29.7 Å². The van der Waals surface area contributed by atoms with E-state index in [1.165, 1.54) is 12.1 Å². The van der Waals surface area contributed by atoms with Crippen LogP contribution in [0.25, 0.3) is 0 Å². The molecule has 4 rings (SSSR count). The van der Waals surface area contributed by atoms with Crippen molar-refractivity contribution in [3.8, 4) is 0 Å². The zero-order chi connectivity index (χ0) is 27.5. The van der Waals surface area contributed by atoms with Crippen LogP contribution in [0.2, 0.25) is 0 Å². The molecule has 0 heterocycles. The van der Waals surface area contributed by atoms with E-state index < -0.39 is 20.2 Å². The summed E-state index contributed by atoms with van der Waals surface area (Å²) in [6, 6.07) is 17.1. The van der Waals surface area contributed by atoms with E-state index in [4.69, 9.17) is 0 Å². The van der Waals surface area contributed by atoms with Crippen LogP contribution in [-0.2, 0) is 33.1 Å². The Morgan fingerprint density at radius 2 is 1.21 bits per heavy atom. The summed E-state index contributed by atoms with van der Waals surface area (Å²) in [4.78, 5) is 8.03. The molecule has 3 aromatic carbocycles. The average molecular weight is 551 g/mol. The Bertz CT molecular complexity index is 1700. The van der Waals surface area contributed by atoms with Crippen LogP contribution in [-0.4, -0.2) is 44.4 Å². The van der Waals surface area contributed by atoms with Crippen molar-refractivity contribution in [3.05, 3.63) is 113 Å². The van der Waals surface area contributed by atoms with Gasteiger partial charge in [-0.1, -0.05) is 42.5 Å². The molecule has 38 heavy (non-hydrogen) atoms. The number of allylic oxidation sites excluding steroid dienone is 4. The minimum Gasteiger partial charge on any atom is -0.289 e. The Labute approximate surface area is 222 Å². The highest BCUT2D eigenvalue weighted by Crippen LogP contribution is 2.28. The fourth-order valence-electron chi connectivity index (χ4n) is 4.06. The molecule has 0 fully saturated rings. The lowest BCUT2D eigenvalue weighted by atomic mass is 9.99. The molecule has 0 atom stereocenters. The number of aryl methyl sites for hydroxylation is 1. The minimum atomic E-state index is -4.52. The highest BCUT2D eigenvalue weighted by molar-refractivity contribution is 7.86. The maximum atomic E-state index is 12.1. The van der Waals surface area contributed by atoms with Crippen molar-refractivity contribution in [2.75, 3.05) is 7.05 Å². The van der Waals surface area contributed by atoms with Crippen molar-refractivity contribution in [2.24, 2.45) is 9.98 Å². The summed E-state index contributed by atoms with van der Waals surface area (Å²) in [5, 5.41) is 0. The molecule has 0 spiro atoms. The zero-order valence-corrected chi connectivity index (χ0v) is 22.4. The molecule has 3 aromatic rings. The quantitative estimate of drug-likeness (QED) is 0.316. The van der Waals surface area contributed by atoms with Crippen LogP contribution >= 0.6 is 0 Å². The summed E-state index contributed by atoms with van der Waals surface area (Å²) < 4.78 is 67.2. The summed E-state index contributed by atoms with van der Waals surface area (Å²) in [6.45, 7) is 1.75. The van der Waals surface area contributed by atoms with Crippen LogP contribution in [0.1, 0.15) is 27.8 Å². The van der Waals surface area contributed by atoms with Crippen LogP contribution in [0, 0.1) is 6.92 Å². The standard InChI is InChI=1S/C28H26N2O6S2/c1-19-3-9-23(27(15-19)37(31,32)33)17-21-6-4-20(5-7-21)16-22-8-14-26(28(18-22)38(34,35)36)30-25-12-10-24(29-2)11-13-25/h3-15,18H,16-17H2,1-2H3,(H,31,32,33)(H,34,35,36). The van der Waals surface area contributed by atoms with Gasteiger partial charge in [-0.3, -0.25) is 14.1 Å². The van der Waals surface area contributed by atoms with Gasteiger partial charge in [0.1, 0.15) is 4.90 Å². The first-order valence-corrected chi connectivity index (χ1v) is 14.5. The number of hydrogen-bond acceptors (Lipinski definition) is 6. The average Bonchev–Trinajstić information content (AvgIpc) is 2.86. The molecule has 0 radical (unpaired) electrons. The molecule has 1 aliphatic carbocycles. The summed E-state index contributed by atoms with van der Waals surface area (Å²) >= 11 is 0. The molecule has 0 aromatic heterocycles. The van der Waals surface area contributed by atoms with Crippen LogP contribution in [0.15, 0.2) is 105 Å². The van der Waals surface area contributed by atoms with Gasteiger partial charge in [-0.2, -0.15) is 16.8 Å². The lowest BCUT2D eigenvalue weighted by Crippen LogP contribution is -2.04. The molecule has 2 N–H and O–H groups in total. The molecular weight excluding hydrogens is 524 g/mol. The minimum absolute atomic E-state index is 0.110. The van der Waals surface area contributed by atoms with E-state index in [9.17, 15) is 25.9 Å². The van der Waals surface area contributed by atoms with Crippen LogP contribution in [0.4, 0.5) is 5.69 Å². The van der Waals surface area contributed by atoms with E-state index in [2.05, 4.69) is 9.98 Å². The summed E-state index contributed by atoms with van der Waals surface area (Å²) in [5.74, 6) is 0. The van der Waals surface area contributed by atoms with Crippen molar-refractivity contribution in [1.82, 2.24) is 0 Å². The van der Waals surface area contributed by atoms with Gasteiger partial charge in [0.15, 0.2) is 0 Å². The largest absolute Gasteiger partial charge is 0.296 e. The topological polar surface area (TPSA) is 133 Å². The first-order valence-electron chi connectivity index (χ1n) is 11.6. The van der Waals surface area contributed by atoms with Gasteiger partial charge in [-0.05, 0) is 90.1 Å². The highest BCUT2D eigenvalue weighted by atomic mass is 32.2. The fraction of sp³-hybridized carbons (Fsp3) is 0.143. The van der Waals surface area contributed by atoms with Crippen molar-refractivity contribution in [3.63, 3.8) is 0 Å². The molecule has 8 nitrogen and oxygen atoms in total. The Hall–Kier alpha value is -3.70. The number of benzene rings is 3. The van der Waals surface area contributed by atoms with Gasteiger partial charge in [0.25, 0.3) is 20.2 Å². The monoisotopic (exact) mass is 550 g/mol. The van der Waals surface area contributed by atoms with Crippen molar-refractivity contribution >= 4 is 37.3 Å². The number of rotatable bonds is 7. The number of nitrogens with zero attached hydrogens (tertiary/aromatic N) is 2. The second-order valence-electron chi connectivity index (χ2n) is 8.89. The lowest BCUT2D eigenvalue weighted by Gasteiger charge is -2.10. The first kappa shape index (κ1) is 27.3. The number of hydrogen-bond donors (Lipinski definition) is 2. The Balaban J connectivity index is 1.56. The molecule has 0 unspecified atom stereocenters. The lowest BCUT2D eigenvalue weighted by molar-refractivity contribution is 0.480. The van der Waals surface area contributed by atoms with Crippen molar-refractivity contribution in [1.29, 1.82) is 0 Å². The maximum absolute atomic E-state index is 12.1. The normalized spacial score (nSPS) is 13.6. The van der Waals surface area contributed by atoms with E-state index in [1.54, 1.807) is 62.5 Å². The van der Waals surface area contributed by atoms with Crippen molar-refractivity contribution in [2.45, 2.75) is 29.6 Å². The van der Waals surface area contributed by atoms with Crippen LogP contribution in [0.5, 0.6) is 0 Å². The molecule has 10 heteroatoms. The van der Waals surface area contributed by atoms with E-state index in [1.807, 2.05) is 24.3 Å². The van der Waals surface area contributed by atoms with Gasteiger partial charge in [0, 0.05) is 7.05 Å². The van der Waals surface area contributed by atoms with Gasteiger partial charge in [-0.25, -0.2) is 4.99 Å². The molecule has 0 aliphatic heterocycles. The van der Waals surface area contributed by atoms with E-state index in [-0.39, 0.29) is 15.5 Å². The smallest absolute Gasteiger partial charge is 0.289 e. The Morgan fingerprint density at radius 3 is 1.79 bits per heavy atom. The molecule has 0 saturated heterocycles. The first-order chi connectivity index (χ1) is 17.9. The van der Waals surface area contributed by atoms with Crippen LogP contribution in [0.3, 0.4) is 0 Å². The third kappa shape index (κ3) is 6.78. The van der Waals surface area contributed by atoms with Crippen LogP contribution < -0.4 is 0 Å².